The van der Waals surface area contributed by atoms with Crippen LogP contribution in [0.5, 0.6) is 0 Å². The number of hydrogen-bond donors (Lipinski definition) is 1. The van der Waals surface area contributed by atoms with Crippen molar-refractivity contribution >= 4 is 0 Å². The first kappa shape index (κ1) is 15.3. The van der Waals surface area contributed by atoms with Crippen LogP contribution < -0.4 is 5.32 Å². The zero-order valence-electron chi connectivity index (χ0n) is 11.8. The lowest BCUT2D eigenvalue weighted by Crippen LogP contribution is -2.27. The molecule has 1 unspecified atom stereocenters. The molecule has 0 bridgehead atoms. The number of nitrogens with one attached hydrogen (secondary N) is 1. The van der Waals surface area contributed by atoms with E-state index >= 15 is 0 Å². The van der Waals surface area contributed by atoms with Gasteiger partial charge in [0.05, 0.1) is 6.26 Å². The Morgan fingerprint density at radius 2 is 2.22 bits per heavy atom. The van der Waals surface area contributed by atoms with Crippen LogP contribution in [-0.2, 0) is 11.3 Å². The van der Waals surface area contributed by atoms with E-state index in [2.05, 4.69) is 19.2 Å². The van der Waals surface area contributed by atoms with Crippen molar-refractivity contribution in [2.45, 2.75) is 58.6 Å². The Hall–Kier alpha value is -0.800. The number of hydrogen-bond acceptors (Lipinski definition) is 3. The summed E-state index contributed by atoms with van der Waals surface area (Å²) in [6.45, 7) is 6.91. The quantitative estimate of drug-likeness (QED) is 0.610. The predicted octanol–water partition coefficient (Wildman–Crippen LogP) is 3.74. The number of rotatable bonds is 11. The van der Waals surface area contributed by atoms with E-state index in [9.17, 15) is 0 Å². The Balaban J connectivity index is 1.86. The molecule has 18 heavy (non-hydrogen) atoms. The fourth-order valence-electron chi connectivity index (χ4n) is 1.89. The van der Waals surface area contributed by atoms with Gasteiger partial charge in [-0.3, -0.25) is 0 Å². The zero-order chi connectivity index (χ0) is 13.1. The highest BCUT2D eigenvalue weighted by Gasteiger charge is 2.00. The molecule has 0 saturated carbocycles. The molecule has 0 aliphatic rings. The molecule has 1 aromatic rings. The first-order valence-corrected chi connectivity index (χ1v) is 7.16. The van der Waals surface area contributed by atoms with E-state index < -0.39 is 0 Å². The summed E-state index contributed by atoms with van der Waals surface area (Å²) in [5, 5.41) is 3.53. The van der Waals surface area contributed by atoms with Gasteiger partial charge in [0.2, 0.25) is 0 Å². The van der Waals surface area contributed by atoms with Crippen LogP contribution in [0.1, 0.15) is 51.7 Å². The Bertz CT molecular complexity index is 272. The Labute approximate surface area is 111 Å². The SMILES string of the molecule is CCCCCC(C)NCCCOCc1ccco1. The molecule has 0 spiro atoms. The molecule has 104 valence electrons. The summed E-state index contributed by atoms with van der Waals surface area (Å²) in [7, 11) is 0. The number of furan rings is 1. The van der Waals surface area contributed by atoms with Gasteiger partial charge in [-0.1, -0.05) is 26.2 Å². The molecule has 0 saturated heterocycles. The Morgan fingerprint density at radius 3 is 2.94 bits per heavy atom. The van der Waals surface area contributed by atoms with Gasteiger partial charge in [-0.2, -0.15) is 0 Å². The van der Waals surface area contributed by atoms with Crippen molar-refractivity contribution in [1.29, 1.82) is 0 Å². The van der Waals surface area contributed by atoms with Crippen LogP contribution in [-0.4, -0.2) is 19.2 Å². The van der Waals surface area contributed by atoms with Gasteiger partial charge in [0.15, 0.2) is 0 Å². The van der Waals surface area contributed by atoms with Gasteiger partial charge in [0.25, 0.3) is 0 Å². The smallest absolute Gasteiger partial charge is 0.129 e. The Kier molecular flexibility index (Phi) is 8.61. The van der Waals surface area contributed by atoms with E-state index in [1.807, 2.05) is 12.1 Å². The molecular formula is C15H27NO2. The number of unbranched alkanes of at least 4 members (excludes halogenated alkanes) is 2. The molecule has 3 nitrogen and oxygen atoms in total. The third-order valence-electron chi connectivity index (χ3n) is 3.02. The van der Waals surface area contributed by atoms with Crippen LogP contribution in [0.4, 0.5) is 0 Å². The summed E-state index contributed by atoms with van der Waals surface area (Å²) >= 11 is 0. The second kappa shape index (κ2) is 10.2. The number of ether oxygens (including phenoxy) is 1. The van der Waals surface area contributed by atoms with Gasteiger partial charge in [0.1, 0.15) is 12.4 Å². The molecular weight excluding hydrogens is 226 g/mol. The van der Waals surface area contributed by atoms with Crippen LogP contribution in [0.25, 0.3) is 0 Å². The van der Waals surface area contributed by atoms with Crippen molar-refractivity contribution in [3.8, 4) is 0 Å². The lowest BCUT2D eigenvalue weighted by molar-refractivity contribution is 0.103. The van der Waals surface area contributed by atoms with Crippen LogP contribution in [0.3, 0.4) is 0 Å². The molecule has 1 N–H and O–H groups in total. The van der Waals surface area contributed by atoms with E-state index in [1.165, 1.54) is 25.7 Å². The maximum Gasteiger partial charge on any atom is 0.129 e. The van der Waals surface area contributed by atoms with Crippen LogP contribution in [0, 0.1) is 0 Å². The fraction of sp³-hybridized carbons (Fsp3) is 0.733. The van der Waals surface area contributed by atoms with E-state index in [0.29, 0.717) is 12.6 Å². The maximum atomic E-state index is 5.52. The average molecular weight is 253 g/mol. The minimum Gasteiger partial charge on any atom is -0.467 e. The summed E-state index contributed by atoms with van der Waals surface area (Å²) < 4.78 is 10.7. The van der Waals surface area contributed by atoms with Gasteiger partial charge >= 0.3 is 0 Å². The van der Waals surface area contributed by atoms with Crippen molar-refractivity contribution in [3.63, 3.8) is 0 Å². The van der Waals surface area contributed by atoms with Gasteiger partial charge in [-0.05, 0) is 38.4 Å². The average Bonchev–Trinajstić information content (AvgIpc) is 2.87. The molecule has 0 aromatic carbocycles. The molecule has 0 aliphatic carbocycles. The van der Waals surface area contributed by atoms with Crippen molar-refractivity contribution < 1.29 is 9.15 Å². The van der Waals surface area contributed by atoms with Crippen molar-refractivity contribution in [2.24, 2.45) is 0 Å². The predicted molar refractivity (Wildman–Crippen MR) is 74.6 cm³/mol. The second-order valence-corrected chi connectivity index (χ2v) is 4.84. The van der Waals surface area contributed by atoms with Crippen LogP contribution >= 0.6 is 0 Å². The van der Waals surface area contributed by atoms with Gasteiger partial charge in [-0.15, -0.1) is 0 Å². The standard InChI is InChI=1S/C15H27NO2/c1-3-4-5-8-14(2)16-10-7-11-17-13-15-9-6-12-18-15/h6,9,12,14,16H,3-5,7-8,10-11,13H2,1-2H3. The van der Waals surface area contributed by atoms with Gasteiger partial charge in [-0.25, -0.2) is 0 Å². The molecule has 1 heterocycles. The van der Waals surface area contributed by atoms with Crippen LogP contribution in [0.15, 0.2) is 22.8 Å². The van der Waals surface area contributed by atoms with E-state index in [-0.39, 0.29) is 0 Å². The summed E-state index contributed by atoms with van der Waals surface area (Å²) in [4.78, 5) is 0. The highest BCUT2D eigenvalue weighted by atomic mass is 16.5. The van der Waals surface area contributed by atoms with E-state index in [1.54, 1.807) is 6.26 Å². The van der Waals surface area contributed by atoms with Gasteiger partial charge < -0.3 is 14.5 Å². The first-order chi connectivity index (χ1) is 8.83. The summed E-state index contributed by atoms with van der Waals surface area (Å²) in [6.07, 6.45) is 7.99. The molecule has 0 aliphatic heterocycles. The van der Waals surface area contributed by atoms with Crippen molar-refractivity contribution in [1.82, 2.24) is 5.32 Å². The first-order valence-electron chi connectivity index (χ1n) is 7.16. The lowest BCUT2D eigenvalue weighted by atomic mass is 10.1. The van der Waals surface area contributed by atoms with Crippen molar-refractivity contribution in [3.05, 3.63) is 24.2 Å². The van der Waals surface area contributed by atoms with E-state index in [0.717, 1.165) is 25.3 Å². The fourth-order valence-corrected chi connectivity index (χ4v) is 1.89. The third kappa shape index (κ3) is 7.51. The van der Waals surface area contributed by atoms with Crippen LogP contribution in [0.2, 0.25) is 0 Å². The highest BCUT2D eigenvalue weighted by Crippen LogP contribution is 2.03. The zero-order valence-corrected chi connectivity index (χ0v) is 11.8. The summed E-state index contributed by atoms with van der Waals surface area (Å²) in [6, 6.07) is 4.45. The second-order valence-electron chi connectivity index (χ2n) is 4.84. The van der Waals surface area contributed by atoms with Gasteiger partial charge in [0, 0.05) is 12.6 Å². The molecule has 1 atom stereocenters. The Morgan fingerprint density at radius 1 is 1.33 bits per heavy atom. The normalized spacial score (nSPS) is 12.8. The molecule has 0 radical (unpaired) electrons. The lowest BCUT2D eigenvalue weighted by Gasteiger charge is -2.13. The van der Waals surface area contributed by atoms with Crippen molar-refractivity contribution in [2.75, 3.05) is 13.2 Å². The molecule has 1 rings (SSSR count). The third-order valence-corrected chi connectivity index (χ3v) is 3.02. The highest BCUT2D eigenvalue weighted by molar-refractivity contribution is 4.95. The topological polar surface area (TPSA) is 34.4 Å². The molecule has 3 heteroatoms. The summed E-state index contributed by atoms with van der Waals surface area (Å²) in [5.41, 5.74) is 0. The molecule has 0 amide bonds. The minimum atomic E-state index is 0.582. The monoisotopic (exact) mass is 253 g/mol. The van der Waals surface area contributed by atoms with E-state index in [4.69, 9.17) is 9.15 Å². The molecule has 0 fully saturated rings. The maximum absolute atomic E-state index is 5.52. The molecule has 1 aromatic heterocycles. The summed E-state index contributed by atoms with van der Waals surface area (Å²) in [5.74, 6) is 0.899. The minimum absolute atomic E-state index is 0.582. The largest absolute Gasteiger partial charge is 0.467 e.